The van der Waals surface area contributed by atoms with Crippen LogP contribution in [-0.4, -0.2) is 10.1 Å². The van der Waals surface area contributed by atoms with Gasteiger partial charge < -0.3 is 9.84 Å². The molecule has 0 amide bonds. The van der Waals surface area contributed by atoms with Crippen LogP contribution < -0.4 is 5.32 Å². The molecule has 0 bridgehead atoms. The third-order valence-electron chi connectivity index (χ3n) is 3.07. The smallest absolute Gasteiger partial charge is 0.246 e. The Hall–Kier alpha value is -2.69. The summed E-state index contributed by atoms with van der Waals surface area (Å²) in [7, 11) is 0. The first-order chi connectivity index (χ1) is 10.2. The zero-order valence-electron chi connectivity index (χ0n) is 11.5. The van der Waals surface area contributed by atoms with Crippen LogP contribution in [-0.2, 0) is 6.54 Å². The maximum absolute atomic E-state index is 12.8. The molecule has 3 rings (SSSR count). The fourth-order valence-corrected chi connectivity index (χ4v) is 1.89. The number of rotatable bonds is 4. The molecule has 1 N–H and O–H groups in total. The van der Waals surface area contributed by atoms with E-state index in [0.717, 1.165) is 11.3 Å². The van der Waals surface area contributed by atoms with Gasteiger partial charge in [-0.1, -0.05) is 35.0 Å². The van der Waals surface area contributed by atoms with Gasteiger partial charge in [0.1, 0.15) is 5.82 Å². The standard InChI is InChI=1S/C16H14FN3O/c1-11-2-4-12(5-3-11)16-19-15(21-20-16)10-18-14-8-6-13(17)7-9-14/h2-9,18H,10H2,1H3. The lowest BCUT2D eigenvalue weighted by atomic mass is 10.1. The van der Waals surface area contributed by atoms with Crippen LogP contribution in [0.1, 0.15) is 11.5 Å². The third-order valence-corrected chi connectivity index (χ3v) is 3.07. The fraction of sp³-hybridized carbons (Fsp3) is 0.125. The van der Waals surface area contributed by atoms with Gasteiger partial charge in [0, 0.05) is 11.3 Å². The van der Waals surface area contributed by atoms with Gasteiger partial charge >= 0.3 is 0 Å². The summed E-state index contributed by atoms with van der Waals surface area (Å²) in [5, 5.41) is 7.06. The number of aromatic nitrogens is 2. The highest BCUT2D eigenvalue weighted by molar-refractivity contribution is 5.54. The minimum Gasteiger partial charge on any atom is -0.376 e. The van der Waals surface area contributed by atoms with Crippen molar-refractivity contribution in [3.63, 3.8) is 0 Å². The summed E-state index contributed by atoms with van der Waals surface area (Å²) >= 11 is 0. The van der Waals surface area contributed by atoms with Crippen molar-refractivity contribution >= 4 is 5.69 Å². The molecule has 0 spiro atoms. The summed E-state index contributed by atoms with van der Waals surface area (Å²) < 4.78 is 18.0. The Balaban J connectivity index is 1.67. The molecule has 0 saturated heterocycles. The fourth-order valence-electron chi connectivity index (χ4n) is 1.89. The minimum absolute atomic E-state index is 0.264. The molecule has 0 aliphatic rings. The number of halogens is 1. The Labute approximate surface area is 121 Å². The van der Waals surface area contributed by atoms with Gasteiger partial charge in [-0.05, 0) is 31.2 Å². The third kappa shape index (κ3) is 3.25. The average Bonchev–Trinajstić information content (AvgIpc) is 2.96. The number of hydrogen-bond acceptors (Lipinski definition) is 4. The lowest BCUT2D eigenvalue weighted by Crippen LogP contribution is -1.99. The number of nitrogens with one attached hydrogen (secondary N) is 1. The first-order valence-corrected chi connectivity index (χ1v) is 6.60. The highest BCUT2D eigenvalue weighted by Gasteiger charge is 2.08. The van der Waals surface area contributed by atoms with E-state index >= 15 is 0 Å². The van der Waals surface area contributed by atoms with Gasteiger partial charge in [0.2, 0.25) is 11.7 Å². The second-order valence-electron chi connectivity index (χ2n) is 4.74. The molecule has 1 heterocycles. The van der Waals surface area contributed by atoms with Gasteiger partial charge in [-0.3, -0.25) is 0 Å². The SMILES string of the molecule is Cc1ccc(-c2noc(CNc3ccc(F)cc3)n2)cc1. The van der Waals surface area contributed by atoms with Crippen molar-refractivity contribution < 1.29 is 8.91 Å². The number of nitrogens with zero attached hydrogens (tertiary/aromatic N) is 2. The van der Waals surface area contributed by atoms with E-state index in [-0.39, 0.29) is 5.82 Å². The number of aryl methyl sites for hydroxylation is 1. The summed E-state index contributed by atoms with van der Waals surface area (Å²) in [5.41, 5.74) is 2.89. The summed E-state index contributed by atoms with van der Waals surface area (Å²) in [5.74, 6) is 0.779. The van der Waals surface area contributed by atoms with Crippen LogP contribution in [0.4, 0.5) is 10.1 Å². The minimum atomic E-state index is -0.264. The maximum atomic E-state index is 12.8. The van der Waals surface area contributed by atoms with E-state index < -0.39 is 0 Å². The van der Waals surface area contributed by atoms with E-state index in [1.54, 1.807) is 12.1 Å². The lowest BCUT2D eigenvalue weighted by molar-refractivity contribution is 0.384. The van der Waals surface area contributed by atoms with Gasteiger partial charge in [-0.25, -0.2) is 4.39 Å². The monoisotopic (exact) mass is 283 g/mol. The van der Waals surface area contributed by atoms with Crippen LogP contribution in [0.15, 0.2) is 53.1 Å². The molecule has 0 saturated carbocycles. The molecule has 0 atom stereocenters. The van der Waals surface area contributed by atoms with Crippen LogP contribution in [0.2, 0.25) is 0 Å². The van der Waals surface area contributed by atoms with Crippen molar-refractivity contribution in [3.8, 4) is 11.4 Å². The normalized spacial score (nSPS) is 10.6. The van der Waals surface area contributed by atoms with Crippen molar-refractivity contribution in [1.29, 1.82) is 0 Å². The molecule has 106 valence electrons. The molecule has 5 heteroatoms. The molecule has 0 fully saturated rings. The second kappa shape index (κ2) is 5.75. The van der Waals surface area contributed by atoms with Crippen molar-refractivity contribution in [2.45, 2.75) is 13.5 Å². The number of anilines is 1. The summed E-state index contributed by atoms with van der Waals surface area (Å²) in [6.07, 6.45) is 0. The highest BCUT2D eigenvalue weighted by Crippen LogP contribution is 2.17. The van der Waals surface area contributed by atoms with Gasteiger partial charge in [0.15, 0.2) is 0 Å². The Morgan fingerprint density at radius 1 is 1.05 bits per heavy atom. The maximum Gasteiger partial charge on any atom is 0.246 e. The zero-order valence-corrected chi connectivity index (χ0v) is 11.5. The zero-order chi connectivity index (χ0) is 14.7. The summed E-state index contributed by atoms with van der Waals surface area (Å²) in [4.78, 5) is 4.33. The highest BCUT2D eigenvalue weighted by atomic mass is 19.1. The topological polar surface area (TPSA) is 51.0 Å². The molecular formula is C16H14FN3O. The van der Waals surface area contributed by atoms with E-state index in [2.05, 4.69) is 15.5 Å². The van der Waals surface area contributed by atoms with E-state index in [9.17, 15) is 4.39 Å². The Bertz CT molecular complexity index is 720. The van der Waals surface area contributed by atoms with Crippen molar-refractivity contribution in [2.75, 3.05) is 5.32 Å². The molecule has 4 nitrogen and oxygen atoms in total. The van der Waals surface area contributed by atoms with Crippen LogP contribution >= 0.6 is 0 Å². The van der Waals surface area contributed by atoms with Crippen LogP contribution in [0.25, 0.3) is 11.4 Å². The quantitative estimate of drug-likeness (QED) is 0.791. The summed E-state index contributed by atoms with van der Waals surface area (Å²) in [6, 6.07) is 14.0. The molecule has 3 aromatic rings. The molecular weight excluding hydrogens is 269 g/mol. The molecule has 0 radical (unpaired) electrons. The molecule has 2 aromatic carbocycles. The van der Waals surface area contributed by atoms with Gasteiger partial charge in [0.25, 0.3) is 0 Å². The molecule has 0 aliphatic heterocycles. The molecule has 0 aliphatic carbocycles. The van der Waals surface area contributed by atoms with Gasteiger partial charge in [0.05, 0.1) is 6.54 Å². The molecule has 1 aromatic heterocycles. The van der Waals surface area contributed by atoms with Crippen molar-refractivity contribution in [1.82, 2.24) is 10.1 Å². The largest absolute Gasteiger partial charge is 0.376 e. The van der Waals surface area contributed by atoms with Crippen molar-refractivity contribution in [3.05, 3.63) is 65.8 Å². The Kier molecular flexibility index (Phi) is 3.64. The van der Waals surface area contributed by atoms with E-state index in [1.807, 2.05) is 31.2 Å². The van der Waals surface area contributed by atoms with Crippen LogP contribution in [0.5, 0.6) is 0 Å². The first kappa shape index (κ1) is 13.3. The van der Waals surface area contributed by atoms with E-state index in [0.29, 0.717) is 18.3 Å². The first-order valence-electron chi connectivity index (χ1n) is 6.60. The molecule has 0 unspecified atom stereocenters. The Morgan fingerprint density at radius 3 is 2.48 bits per heavy atom. The molecule has 21 heavy (non-hydrogen) atoms. The van der Waals surface area contributed by atoms with Gasteiger partial charge in [-0.2, -0.15) is 4.98 Å². The van der Waals surface area contributed by atoms with Gasteiger partial charge in [-0.15, -0.1) is 0 Å². The van der Waals surface area contributed by atoms with E-state index in [1.165, 1.54) is 17.7 Å². The van der Waals surface area contributed by atoms with Crippen LogP contribution in [0, 0.1) is 12.7 Å². The predicted octanol–water partition coefficient (Wildman–Crippen LogP) is 3.80. The van der Waals surface area contributed by atoms with E-state index in [4.69, 9.17) is 4.52 Å². The second-order valence-corrected chi connectivity index (χ2v) is 4.74. The van der Waals surface area contributed by atoms with Crippen LogP contribution in [0.3, 0.4) is 0 Å². The number of benzene rings is 2. The van der Waals surface area contributed by atoms with Crippen molar-refractivity contribution in [2.24, 2.45) is 0 Å². The summed E-state index contributed by atoms with van der Waals surface area (Å²) in [6.45, 7) is 2.42. The number of hydrogen-bond donors (Lipinski definition) is 1. The average molecular weight is 283 g/mol. The lowest BCUT2D eigenvalue weighted by Gasteiger charge is -2.02. The Morgan fingerprint density at radius 2 is 1.76 bits per heavy atom. The predicted molar refractivity (Wildman–Crippen MR) is 78.2 cm³/mol.